The molecule has 1 saturated heterocycles. The highest BCUT2D eigenvalue weighted by molar-refractivity contribution is 5.93. The Balaban J connectivity index is 2.25. The number of esters is 1. The van der Waals surface area contributed by atoms with Gasteiger partial charge in [0.2, 0.25) is 0 Å². The van der Waals surface area contributed by atoms with Crippen molar-refractivity contribution < 1.29 is 14.3 Å². The van der Waals surface area contributed by atoms with Gasteiger partial charge >= 0.3 is 5.97 Å². The van der Waals surface area contributed by atoms with Gasteiger partial charge in [-0.05, 0) is 44.3 Å². The number of hydrogen-bond donors (Lipinski definition) is 0. The van der Waals surface area contributed by atoms with Crippen molar-refractivity contribution in [1.29, 1.82) is 5.26 Å². The molecule has 1 aliphatic heterocycles. The van der Waals surface area contributed by atoms with Crippen molar-refractivity contribution in [1.82, 2.24) is 4.90 Å². The Morgan fingerprint density at radius 2 is 2.10 bits per heavy atom. The lowest BCUT2D eigenvalue weighted by atomic mass is 9.93. The molecule has 0 amide bonds. The highest BCUT2D eigenvalue weighted by Crippen LogP contribution is 2.29. The molecule has 0 atom stereocenters. The molecule has 5 nitrogen and oxygen atoms in total. The summed E-state index contributed by atoms with van der Waals surface area (Å²) in [5, 5.41) is 9.18. The van der Waals surface area contributed by atoms with E-state index in [1.165, 1.54) is 5.70 Å². The van der Waals surface area contributed by atoms with Crippen LogP contribution < -0.4 is 0 Å². The second kappa shape index (κ2) is 7.84. The van der Waals surface area contributed by atoms with Crippen LogP contribution in [0.3, 0.4) is 0 Å². The maximum absolute atomic E-state index is 11.8. The molecule has 0 unspecified atom stereocenters. The first-order valence-electron chi connectivity index (χ1n) is 7.60. The van der Waals surface area contributed by atoms with Crippen LogP contribution in [0.15, 0.2) is 22.9 Å². The van der Waals surface area contributed by atoms with E-state index in [0.29, 0.717) is 0 Å². The molecule has 2 rings (SSSR count). The molecule has 0 N–H and O–H groups in total. The fourth-order valence-corrected chi connectivity index (χ4v) is 2.78. The van der Waals surface area contributed by atoms with Gasteiger partial charge in [0.15, 0.2) is 0 Å². The van der Waals surface area contributed by atoms with E-state index in [2.05, 4.69) is 4.90 Å². The summed E-state index contributed by atoms with van der Waals surface area (Å²) in [6, 6.07) is 1.97. The van der Waals surface area contributed by atoms with Crippen LogP contribution in [-0.4, -0.2) is 43.8 Å². The number of carbonyl (C=O) groups is 1. The first-order valence-corrected chi connectivity index (χ1v) is 7.60. The van der Waals surface area contributed by atoms with E-state index in [4.69, 9.17) is 9.47 Å². The number of carbonyl (C=O) groups excluding carboxylic acids is 1. The number of allylic oxidation sites excluding steroid dienone is 3. The minimum atomic E-state index is -0.528. The highest BCUT2D eigenvalue weighted by Gasteiger charge is 2.21. The molecule has 1 heterocycles. The Morgan fingerprint density at radius 3 is 2.76 bits per heavy atom. The molecule has 0 aromatic rings. The number of rotatable bonds is 4. The average molecular weight is 290 g/mol. The third kappa shape index (κ3) is 4.08. The molecule has 0 spiro atoms. The van der Waals surface area contributed by atoms with Crippen LogP contribution in [0, 0.1) is 11.3 Å². The molecular formula is C16H22N2O3. The molecule has 21 heavy (non-hydrogen) atoms. The van der Waals surface area contributed by atoms with Gasteiger partial charge < -0.3 is 14.4 Å². The molecule has 2 aliphatic rings. The van der Waals surface area contributed by atoms with Crippen molar-refractivity contribution in [2.75, 3.05) is 32.9 Å². The van der Waals surface area contributed by atoms with Crippen molar-refractivity contribution in [3.63, 3.8) is 0 Å². The van der Waals surface area contributed by atoms with Crippen molar-refractivity contribution >= 4 is 5.97 Å². The Kier molecular flexibility index (Phi) is 5.82. The van der Waals surface area contributed by atoms with Gasteiger partial charge in [0.1, 0.15) is 11.6 Å². The van der Waals surface area contributed by atoms with Crippen LogP contribution in [0.25, 0.3) is 0 Å². The molecule has 1 fully saturated rings. The van der Waals surface area contributed by atoms with Gasteiger partial charge in [0.05, 0.1) is 19.8 Å². The number of nitrogens with zero attached hydrogens (tertiary/aromatic N) is 2. The van der Waals surface area contributed by atoms with E-state index in [9.17, 15) is 10.1 Å². The average Bonchev–Trinajstić information content (AvgIpc) is 2.54. The molecule has 0 aromatic heterocycles. The van der Waals surface area contributed by atoms with Crippen molar-refractivity contribution in [3.8, 4) is 6.07 Å². The Labute approximate surface area is 125 Å². The zero-order valence-corrected chi connectivity index (χ0v) is 12.6. The topological polar surface area (TPSA) is 62.6 Å². The van der Waals surface area contributed by atoms with Crippen LogP contribution in [0.2, 0.25) is 0 Å². The summed E-state index contributed by atoms with van der Waals surface area (Å²) >= 11 is 0. The molecular weight excluding hydrogens is 268 g/mol. The smallest absolute Gasteiger partial charge is 0.348 e. The highest BCUT2D eigenvalue weighted by atomic mass is 16.5. The zero-order valence-electron chi connectivity index (χ0n) is 12.6. The third-order valence-corrected chi connectivity index (χ3v) is 3.81. The van der Waals surface area contributed by atoms with E-state index in [0.717, 1.165) is 57.6 Å². The second-order valence-electron chi connectivity index (χ2n) is 5.17. The second-order valence-corrected chi connectivity index (χ2v) is 5.17. The van der Waals surface area contributed by atoms with Crippen LogP contribution in [0.4, 0.5) is 0 Å². The predicted octanol–water partition coefficient (Wildman–Crippen LogP) is 2.16. The SMILES string of the molecule is CCOC(=O)/C(C#N)=C/C1=C(N2CCOCC2)CCCC1. The first-order chi connectivity index (χ1) is 10.3. The monoisotopic (exact) mass is 290 g/mol. The lowest BCUT2D eigenvalue weighted by Crippen LogP contribution is -2.36. The number of hydrogen-bond acceptors (Lipinski definition) is 5. The van der Waals surface area contributed by atoms with Crippen molar-refractivity contribution in [2.45, 2.75) is 32.6 Å². The van der Waals surface area contributed by atoms with Crippen LogP contribution >= 0.6 is 0 Å². The fourth-order valence-electron chi connectivity index (χ4n) is 2.78. The summed E-state index contributed by atoms with van der Waals surface area (Å²) in [6.45, 7) is 5.27. The van der Waals surface area contributed by atoms with Crippen molar-refractivity contribution in [3.05, 3.63) is 22.9 Å². The van der Waals surface area contributed by atoms with Gasteiger partial charge in [-0.25, -0.2) is 4.79 Å². The normalized spacial score (nSPS) is 20.2. The summed E-state index contributed by atoms with van der Waals surface area (Å²) in [6.07, 6.45) is 5.90. The van der Waals surface area contributed by atoms with Gasteiger partial charge in [-0.3, -0.25) is 0 Å². The molecule has 114 valence electrons. The molecule has 1 aliphatic carbocycles. The molecule has 0 bridgehead atoms. The van der Waals surface area contributed by atoms with E-state index in [1.807, 2.05) is 6.07 Å². The van der Waals surface area contributed by atoms with Gasteiger partial charge in [-0.2, -0.15) is 5.26 Å². The lowest BCUT2D eigenvalue weighted by molar-refractivity contribution is -0.138. The summed E-state index contributed by atoms with van der Waals surface area (Å²) in [4.78, 5) is 14.1. The third-order valence-electron chi connectivity index (χ3n) is 3.81. The fraction of sp³-hybridized carbons (Fsp3) is 0.625. The summed E-state index contributed by atoms with van der Waals surface area (Å²) in [7, 11) is 0. The van der Waals surface area contributed by atoms with E-state index in [-0.39, 0.29) is 12.2 Å². The molecule has 5 heteroatoms. The maximum Gasteiger partial charge on any atom is 0.348 e. The maximum atomic E-state index is 11.8. The van der Waals surface area contributed by atoms with Crippen LogP contribution in [-0.2, 0) is 14.3 Å². The predicted molar refractivity (Wildman–Crippen MR) is 78.2 cm³/mol. The van der Waals surface area contributed by atoms with Gasteiger partial charge in [-0.1, -0.05) is 0 Å². The van der Waals surface area contributed by atoms with E-state index < -0.39 is 5.97 Å². The number of morpholine rings is 1. The Hall–Kier alpha value is -1.80. The zero-order chi connectivity index (χ0) is 15.1. The summed E-state index contributed by atoms with van der Waals surface area (Å²) < 4.78 is 10.3. The lowest BCUT2D eigenvalue weighted by Gasteiger charge is -2.34. The standard InChI is InChI=1S/C16H22N2O3/c1-2-21-16(19)14(12-17)11-13-5-3-4-6-15(13)18-7-9-20-10-8-18/h11H,2-10H2,1H3/b14-11+. The largest absolute Gasteiger partial charge is 0.462 e. The summed E-state index contributed by atoms with van der Waals surface area (Å²) in [5.41, 5.74) is 2.47. The quantitative estimate of drug-likeness (QED) is 0.451. The molecule has 0 aromatic carbocycles. The van der Waals surface area contributed by atoms with Gasteiger partial charge in [0.25, 0.3) is 0 Å². The van der Waals surface area contributed by atoms with Crippen LogP contribution in [0.1, 0.15) is 32.6 Å². The molecule has 0 radical (unpaired) electrons. The molecule has 0 saturated carbocycles. The minimum absolute atomic E-state index is 0.0968. The minimum Gasteiger partial charge on any atom is -0.462 e. The van der Waals surface area contributed by atoms with Crippen LogP contribution in [0.5, 0.6) is 0 Å². The Morgan fingerprint density at radius 1 is 1.38 bits per heavy atom. The number of nitriles is 1. The number of ether oxygens (including phenoxy) is 2. The summed E-state index contributed by atoms with van der Waals surface area (Å²) in [5.74, 6) is -0.528. The van der Waals surface area contributed by atoms with Crippen molar-refractivity contribution in [2.24, 2.45) is 0 Å². The van der Waals surface area contributed by atoms with E-state index >= 15 is 0 Å². The Bertz CT molecular complexity index is 482. The van der Waals surface area contributed by atoms with Gasteiger partial charge in [0, 0.05) is 18.8 Å². The van der Waals surface area contributed by atoms with E-state index in [1.54, 1.807) is 13.0 Å². The first kappa shape index (κ1) is 15.6. The van der Waals surface area contributed by atoms with Gasteiger partial charge in [-0.15, -0.1) is 0 Å².